The minimum absolute atomic E-state index is 0.00296. The molecule has 0 aliphatic heterocycles. The van der Waals surface area contributed by atoms with Crippen LogP contribution in [0.2, 0.25) is 10.0 Å². The van der Waals surface area contributed by atoms with Gasteiger partial charge >= 0.3 is 0 Å². The number of ether oxygens (including phenoxy) is 1. The zero-order valence-electron chi connectivity index (χ0n) is 7.78. The van der Waals surface area contributed by atoms with Crippen LogP contribution >= 0.6 is 23.2 Å². The van der Waals surface area contributed by atoms with Crippen LogP contribution in [0.25, 0.3) is 0 Å². The molecule has 1 N–H and O–H groups in total. The van der Waals surface area contributed by atoms with Gasteiger partial charge in [0.1, 0.15) is 12.7 Å². The summed E-state index contributed by atoms with van der Waals surface area (Å²) in [6.45, 7) is -0.00296. The monoisotopic (exact) mass is 245 g/mol. The van der Waals surface area contributed by atoms with Gasteiger partial charge in [-0.1, -0.05) is 29.3 Å². The summed E-state index contributed by atoms with van der Waals surface area (Å²) in [5.74, 6) is 0.331. The summed E-state index contributed by atoms with van der Waals surface area (Å²) < 4.78 is 5.22. The summed E-state index contributed by atoms with van der Waals surface area (Å²) in [6.07, 6.45) is -0.815. The van der Waals surface area contributed by atoms with Crippen molar-refractivity contribution in [1.82, 2.24) is 0 Å². The van der Waals surface area contributed by atoms with Crippen LogP contribution in [-0.2, 0) is 0 Å². The van der Waals surface area contributed by atoms with Gasteiger partial charge in [0, 0.05) is 0 Å². The second-order valence-electron chi connectivity index (χ2n) is 2.88. The second-order valence-corrected chi connectivity index (χ2v) is 3.69. The van der Waals surface area contributed by atoms with Gasteiger partial charge in [-0.3, -0.25) is 0 Å². The summed E-state index contributed by atoms with van der Waals surface area (Å²) in [5.41, 5.74) is 0. The van der Waals surface area contributed by atoms with Crippen molar-refractivity contribution >= 4 is 23.2 Å². The first-order valence-corrected chi connectivity index (χ1v) is 5.02. The van der Waals surface area contributed by atoms with Crippen LogP contribution in [0.1, 0.15) is 6.42 Å². The van der Waals surface area contributed by atoms with Gasteiger partial charge < -0.3 is 9.84 Å². The lowest BCUT2D eigenvalue weighted by Crippen LogP contribution is -2.16. The normalized spacial score (nSPS) is 11.9. The molecule has 0 spiro atoms. The van der Waals surface area contributed by atoms with Crippen LogP contribution < -0.4 is 4.74 Å². The predicted octanol–water partition coefficient (Wildman–Crippen LogP) is 2.65. The Morgan fingerprint density at radius 3 is 2.53 bits per heavy atom. The zero-order chi connectivity index (χ0) is 11.3. The first-order valence-electron chi connectivity index (χ1n) is 4.27. The van der Waals surface area contributed by atoms with Crippen LogP contribution in [0.15, 0.2) is 18.2 Å². The summed E-state index contributed by atoms with van der Waals surface area (Å²) in [7, 11) is 0. The van der Waals surface area contributed by atoms with E-state index in [0.717, 1.165) is 0 Å². The molecule has 0 aliphatic carbocycles. The molecule has 1 aromatic rings. The van der Waals surface area contributed by atoms with E-state index in [1.54, 1.807) is 18.2 Å². The van der Waals surface area contributed by atoms with E-state index in [4.69, 9.17) is 33.2 Å². The highest BCUT2D eigenvalue weighted by molar-refractivity contribution is 6.37. The van der Waals surface area contributed by atoms with Gasteiger partial charge in [0.25, 0.3) is 0 Å². The molecule has 1 aromatic carbocycles. The third kappa shape index (κ3) is 3.60. The molecule has 5 heteroatoms. The standard InChI is InChI=1S/C10H9Cl2NO2/c11-8-2-1-3-9(12)10(8)15-6-7(14)4-5-13/h1-3,7,14H,4,6H2. The number of para-hydroxylation sites is 1. The summed E-state index contributed by atoms with van der Waals surface area (Å²) in [4.78, 5) is 0. The van der Waals surface area contributed by atoms with E-state index in [2.05, 4.69) is 0 Å². The SMILES string of the molecule is N#CCC(O)COc1c(Cl)cccc1Cl. The van der Waals surface area contributed by atoms with Crippen LogP contribution in [0.3, 0.4) is 0 Å². The molecule has 1 unspecified atom stereocenters. The Balaban J connectivity index is 2.62. The third-order valence-corrected chi connectivity index (χ3v) is 2.26. The van der Waals surface area contributed by atoms with E-state index in [0.29, 0.717) is 15.8 Å². The van der Waals surface area contributed by atoms with Crippen molar-refractivity contribution in [2.45, 2.75) is 12.5 Å². The van der Waals surface area contributed by atoms with E-state index >= 15 is 0 Å². The predicted molar refractivity (Wildman–Crippen MR) is 58.2 cm³/mol. The molecule has 0 heterocycles. The zero-order valence-corrected chi connectivity index (χ0v) is 9.29. The fourth-order valence-electron chi connectivity index (χ4n) is 0.964. The number of benzene rings is 1. The van der Waals surface area contributed by atoms with E-state index < -0.39 is 6.10 Å². The molecular formula is C10H9Cl2NO2. The van der Waals surface area contributed by atoms with Gasteiger partial charge in [-0.25, -0.2) is 0 Å². The summed E-state index contributed by atoms with van der Waals surface area (Å²) in [6, 6.07) is 6.81. The van der Waals surface area contributed by atoms with Crippen LogP contribution in [0, 0.1) is 11.3 Å². The second kappa shape index (κ2) is 5.82. The fraction of sp³-hybridized carbons (Fsp3) is 0.300. The third-order valence-electron chi connectivity index (χ3n) is 1.67. The Morgan fingerprint density at radius 2 is 2.00 bits per heavy atom. The topological polar surface area (TPSA) is 53.2 Å². The average Bonchev–Trinajstić information content (AvgIpc) is 2.17. The average molecular weight is 246 g/mol. The highest BCUT2D eigenvalue weighted by Crippen LogP contribution is 2.32. The van der Waals surface area contributed by atoms with Gasteiger partial charge in [-0.2, -0.15) is 5.26 Å². The van der Waals surface area contributed by atoms with Crippen molar-refractivity contribution in [3.8, 4) is 11.8 Å². The van der Waals surface area contributed by atoms with Crippen LogP contribution in [0.4, 0.5) is 0 Å². The minimum atomic E-state index is -0.831. The first kappa shape index (κ1) is 12.1. The van der Waals surface area contributed by atoms with Crippen molar-refractivity contribution < 1.29 is 9.84 Å². The molecule has 0 amide bonds. The van der Waals surface area contributed by atoms with E-state index in [9.17, 15) is 5.11 Å². The lowest BCUT2D eigenvalue weighted by Gasteiger charge is -2.11. The quantitative estimate of drug-likeness (QED) is 0.888. The number of aliphatic hydroxyl groups excluding tert-OH is 1. The van der Waals surface area contributed by atoms with E-state index in [1.807, 2.05) is 6.07 Å². The number of hydrogen-bond donors (Lipinski definition) is 1. The Bertz CT molecular complexity index is 356. The maximum absolute atomic E-state index is 9.26. The van der Waals surface area contributed by atoms with Gasteiger partial charge in [0.05, 0.1) is 22.5 Å². The Labute approximate surface area is 97.8 Å². The number of nitriles is 1. The number of aliphatic hydroxyl groups is 1. The molecule has 1 atom stereocenters. The van der Waals surface area contributed by atoms with Crippen molar-refractivity contribution in [1.29, 1.82) is 5.26 Å². The highest BCUT2D eigenvalue weighted by Gasteiger charge is 2.09. The molecule has 0 saturated carbocycles. The maximum Gasteiger partial charge on any atom is 0.156 e. The van der Waals surface area contributed by atoms with Gasteiger partial charge in [0.2, 0.25) is 0 Å². The number of rotatable bonds is 4. The highest BCUT2D eigenvalue weighted by atomic mass is 35.5. The van der Waals surface area contributed by atoms with Crippen molar-refractivity contribution in [2.24, 2.45) is 0 Å². The lowest BCUT2D eigenvalue weighted by molar-refractivity contribution is 0.111. The Morgan fingerprint density at radius 1 is 1.40 bits per heavy atom. The maximum atomic E-state index is 9.26. The molecule has 0 bridgehead atoms. The number of nitrogens with zero attached hydrogens (tertiary/aromatic N) is 1. The molecule has 0 fully saturated rings. The van der Waals surface area contributed by atoms with Crippen LogP contribution in [0.5, 0.6) is 5.75 Å². The molecule has 0 aliphatic rings. The fourth-order valence-corrected chi connectivity index (χ4v) is 1.47. The van der Waals surface area contributed by atoms with Gasteiger partial charge in [-0.15, -0.1) is 0 Å². The lowest BCUT2D eigenvalue weighted by atomic mass is 10.3. The summed E-state index contributed by atoms with van der Waals surface area (Å²) in [5, 5.41) is 18.3. The smallest absolute Gasteiger partial charge is 0.156 e. The van der Waals surface area contributed by atoms with Gasteiger partial charge in [0.15, 0.2) is 5.75 Å². The largest absolute Gasteiger partial charge is 0.488 e. The van der Waals surface area contributed by atoms with Crippen molar-refractivity contribution in [2.75, 3.05) is 6.61 Å². The van der Waals surface area contributed by atoms with E-state index in [-0.39, 0.29) is 13.0 Å². The van der Waals surface area contributed by atoms with E-state index in [1.165, 1.54) is 0 Å². The molecular weight excluding hydrogens is 237 g/mol. The molecule has 1 rings (SSSR count). The molecule has 15 heavy (non-hydrogen) atoms. The molecule has 0 radical (unpaired) electrons. The van der Waals surface area contributed by atoms with Crippen molar-refractivity contribution in [3.63, 3.8) is 0 Å². The van der Waals surface area contributed by atoms with Crippen molar-refractivity contribution in [3.05, 3.63) is 28.2 Å². The number of hydrogen-bond acceptors (Lipinski definition) is 3. The molecule has 0 aromatic heterocycles. The Kier molecular flexibility index (Phi) is 4.70. The van der Waals surface area contributed by atoms with Gasteiger partial charge in [-0.05, 0) is 12.1 Å². The summed E-state index contributed by atoms with van der Waals surface area (Å²) >= 11 is 11.7. The van der Waals surface area contributed by atoms with Crippen LogP contribution in [-0.4, -0.2) is 17.8 Å². The Hall–Kier alpha value is -0.950. The molecule has 0 saturated heterocycles. The molecule has 3 nitrogen and oxygen atoms in total. The number of halogens is 2. The minimum Gasteiger partial charge on any atom is -0.488 e. The first-order chi connectivity index (χ1) is 7.15. The molecule has 80 valence electrons.